The average Bonchev–Trinajstić information content (AvgIpc) is 2.00. The Morgan fingerprint density at radius 2 is 1.86 bits per heavy atom. The van der Waals surface area contributed by atoms with Gasteiger partial charge in [-0.1, -0.05) is 0 Å². The molecule has 0 aromatic rings. The number of aliphatic carboxylic acids is 1. The molecule has 0 heterocycles. The van der Waals surface area contributed by atoms with E-state index in [0.717, 1.165) is 11.8 Å². The second-order valence-electron chi connectivity index (χ2n) is 2.96. The molecule has 14 heavy (non-hydrogen) atoms. The minimum atomic E-state index is -1.44. The zero-order valence-corrected chi connectivity index (χ0v) is 8.66. The van der Waals surface area contributed by atoms with Crippen molar-refractivity contribution in [2.24, 2.45) is 5.92 Å². The van der Waals surface area contributed by atoms with E-state index in [-0.39, 0.29) is 23.7 Å². The van der Waals surface area contributed by atoms with Gasteiger partial charge in [-0.05, 0) is 6.92 Å². The molecule has 82 valence electrons. The third-order valence-corrected chi connectivity index (χ3v) is 2.64. The van der Waals surface area contributed by atoms with Crippen molar-refractivity contribution >= 4 is 23.5 Å². The molecule has 1 unspecified atom stereocenters. The normalized spacial score (nSPS) is 12.9. The number of Topliss-reactive ketones (excluding diaryl/α,β-unsaturated/α-hetero) is 1. The van der Waals surface area contributed by atoms with Gasteiger partial charge < -0.3 is 20.1 Å². The Kier molecular flexibility index (Phi) is 6.52. The highest BCUT2D eigenvalue weighted by Gasteiger charge is 2.19. The zero-order chi connectivity index (χ0) is 11.1. The number of hydrogen-bond donors (Lipinski definition) is 3. The van der Waals surface area contributed by atoms with Gasteiger partial charge in [-0.2, -0.15) is 11.8 Å². The lowest BCUT2D eigenvalue weighted by molar-refractivity contribution is -0.142. The fourth-order valence-electron chi connectivity index (χ4n) is 0.880. The van der Waals surface area contributed by atoms with Crippen LogP contribution in [0.5, 0.6) is 0 Å². The van der Waals surface area contributed by atoms with Crippen molar-refractivity contribution in [1.82, 2.24) is 0 Å². The monoisotopic (exact) mass is 222 g/mol. The van der Waals surface area contributed by atoms with Crippen LogP contribution in [0, 0.1) is 5.92 Å². The lowest BCUT2D eigenvalue weighted by Gasteiger charge is -2.10. The summed E-state index contributed by atoms with van der Waals surface area (Å²) < 4.78 is 0. The standard InChI is InChI=1S/C8H14O5S/c1-5(9)2-6(8(12)13)3-14-4-7(10)11/h6-7,10-11H,2-4H2,1H3,(H,12,13). The number of carbonyl (C=O) groups excluding carboxylic acids is 1. The van der Waals surface area contributed by atoms with Crippen LogP contribution >= 0.6 is 11.8 Å². The van der Waals surface area contributed by atoms with Crippen molar-refractivity contribution in [3.8, 4) is 0 Å². The summed E-state index contributed by atoms with van der Waals surface area (Å²) in [6, 6.07) is 0. The van der Waals surface area contributed by atoms with Crippen LogP contribution < -0.4 is 0 Å². The van der Waals surface area contributed by atoms with Gasteiger partial charge in [0.1, 0.15) is 5.78 Å². The molecule has 0 saturated heterocycles. The van der Waals surface area contributed by atoms with Crippen molar-refractivity contribution in [1.29, 1.82) is 0 Å². The van der Waals surface area contributed by atoms with Gasteiger partial charge in [-0.25, -0.2) is 0 Å². The van der Waals surface area contributed by atoms with Gasteiger partial charge in [0.2, 0.25) is 0 Å². The summed E-state index contributed by atoms with van der Waals surface area (Å²) in [7, 11) is 0. The fraction of sp³-hybridized carbons (Fsp3) is 0.750. The Hall–Kier alpha value is -0.590. The first kappa shape index (κ1) is 13.4. The third kappa shape index (κ3) is 6.88. The Labute approximate surface area is 86.1 Å². The van der Waals surface area contributed by atoms with Crippen molar-refractivity contribution in [3.63, 3.8) is 0 Å². The molecule has 0 amide bonds. The Morgan fingerprint density at radius 1 is 1.29 bits per heavy atom. The van der Waals surface area contributed by atoms with Crippen LogP contribution in [-0.4, -0.2) is 44.9 Å². The summed E-state index contributed by atoms with van der Waals surface area (Å²) in [6.45, 7) is 1.33. The van der Waals surface area contributed by atoms with Gasteiger partial charge in [0.25, 0.3) is 0 Å². The lowest BCUT2D eigenvalue weighted by Crippen LogP contribution is -2.20. The molecule has 0 bridgehead atoms. The number of thioether (sulfide) groups is 1. The van der Waals surface area contributed by atoms with E-state index in [4.69, 9.17) is 15.3 Å². The summed E-state index contributed by atoms with van der Waals surface area (Å²) in [6.07, 6.45) is -1.45. The van der Waals surface area contributed by atoms with Crippen molar-refractivity contribution < 1.29 is 24.9 Å². The number of ketones is 1. The van der Waals surface area contributed by atoms with Crippen molar-refractivity contribution in [3.05, 3.63) is 0 Å². The molecule has 0 spiro atoms. The lowest BCUT2D eigenvalue weighted by atomic mass is 10.1. The van der Waals surface area contributed by atoms with Gasteiger partial charge >= 0.3 is 5.97 Å². The molecule has 1 atom stereocenters. The Morgan fingerprint density at radius 3 is 2.21 bits per heavy atom. The highest BCUT2D eigenvalue weighted by molar-refractivity contribution is 7.99. The van der Waals surface area contributed by atoms with Gasteiger partial charge in [0, 0.05) is 17.9 Å². The SMILES string of the molecule is CC(=O)CC(CSCC(O)O)C(=O)O. The minimum absolute atomic E-state index is 0.0101. The molecule has 0 fully saturated rings. The van der Waals surface area contributed by atoms with E-state index in [1.54, 1.807) is 0 Å². The Balaban J connectivity index is 3.86. The van der Waals surface area contributed by atoms with Crippen LogP contribution in [0.3, 0.4) is 0 Å². The average molecular weight is 222 g/mol. The van der Waals surface area contributed by atoms with Gasteiger partial charge in [0.15, 0.2) is 6.29 Å². The van der Waals surface area contributed by atoms with E-state index in [0.29, 0.717) is 0 Å². The van der Waals surface area contributed by atoms with Crippen molar-refractivity contribution in [2.45, 2.75) is 19.6 Å². The molecular weight excluding hydrogens is 208 g/mol. The van der Waals surface area contributed by atoms with Gasteiger partial charge in [0.05, 0.1) is 5.92 Å². The summed E-state index contributed by atoms with van der Waals surface area (Å²) in [5.74, 6) is -1.67. The molecular formula is C8H14O5S. The number of carbonyl (C=O) groups is 2. The van der Waals surface area contributed by atoms with E-state index in [1.165, 1.54) is 6.92 Å². The van der Waals surface area contributed by atoms with Crippen molar-refractivity contribution in [2.75, 3.05) is 11.5 Å². The number of carboxylic acid groups (broad SMARTS) is 1. The zero-order valence-electron chi connectivity index (χ0n) is 7.84. The molecule has 0 aromatic carbocycles. The van der Waals surface area contributed by atoms with Crippen LogP contribution in [-0.2, 0) is 9.59 Å². The number of hydrogen-bond acceptors (Lipinski definition) is 5. The van der Waals surface area contributed by atoms with Crippen LogP contribution in [0.25, 0.3) is 0 Å². The summed E-state index contributed by atoms with van der Waals surface area (Å²) in [5, 5.41) is 25.7. The largest absolute Gasteiger partial charge is 0.481 e. The van der Waals surface area contributed by atoms with Crippen LogP contribution in [0.2, 0.25) is 0 Å². The molecule has 0 rings (SSSR count). The predicted octanol–water partition coefficient (Wildman–Crippen LogP) is -0.290. The third-order valence-electron chi connectivity index (χ3n) is 1.47. The second kappa shape index (κ2) is 6.80. The molecule has 0 aliphatic heterocycles. The van der Waals surface area contributed by atoms with E-state index in [9.17, 15) is 9.59 Å². The quantitative estimate of drug-likeness (QED) is 0.512. The van der Waals surface area contributed by atoms with E-state index >= 15 is 0 Å². The molecule has 6 heteroatoms. The summed E-state index contributed by atoms with van der Waals surface area (Å²) >= 11 is 1.11. The van der Waals surface area contributed by atoms with Gasteiger partial charge in [-0.3, -0.25) is 4.79 Å². The van der Waals surface area contributed by atoms with E-state index in [2.05, 4.69) is 0 Å². The topological polar surface area (TPSA) is 94.8 Å². The molecule has 0 radical (unpaired) electrons. The minimum Gasteiger partial charge on any atom is -0.481 e. The second-order valence-corrected chi connectivity index (χ2v) is 4.03. The summed E-state index contributed by atoms with van der Waals surface area (Å²) in [4.78, 5) is 21.3. The smallest absolute Gasteiger partial charge is 0.307 e. The predicted molar refractivity (Wildman–Crippen MR) is 52.0 cm³/mol. The molecule has 0 aliphatic rings. The van der Waals surface area contributed by atoms with Gasteiger partial charge in [-0.15, -0.1) is 0 Å². The van der Waals surface area contributed by atoms with E-state index < -0.39 is 18.2 Å². The fourth-order valence-corrected chi connectivity index (χ4v) is 1.77. The highest BCUT2D eigenvalue weighted by Crippen LogP contribution is 2.13. The number of carboxylic acids is 1. The molecule has 0 saturated carbocycles. The molecule has 0 aliphatic carbocycles. The van der Waals surface area contributed by atoms with Crippen LogP contribution in [0.15, 0.2) is 0 Å². The summed E-state index contributed by atoms with van der Waals surface area (Å²) in [5.41, 5.74) is 0. The highest BCUT2D eigenvalue weighted by atomic mass is 32.2. The molecule has 3 N–H and O–H groups in total. The maximum absolute atomic E-state index is 10.7. The maximum atomic E-state index is 10.7. The first-order valence-corrected chi connectivity index (χ1v) is 5.25. The number of aliphatic hydroxyl groups is 2. The van der Waals surface area contributed by atoms with Crippen LogP contribution in [0.1, 0.15) is 13.3 Å². The van der Waals surface area contributed by atoms with E-state index in [1.807, 2.05) is 0 Å². The molecule has 0 aromatic heterocycles. The first-order valence-electron chi connectivity index (χ1n) is 4.09. The van der Waals surface area contributed by atoms with Crippen LogP contribution in [0.4, 0.5) is 0 Å². The first-order chi connectivity index (χ1) is 6.43. The molecule has 5 nitrogen and oxygen atoms in total. The number of aliphatic hydroxyl groups excluding tert-OH is 1. The Bertz CT molecular complexity index is 204. The number of rotatable bonds is 7. The maximum Gasteiger partial charge on any atom is 0.307 e.